The van der Waals surface area contributed by atoms with Crippen molar-refractivity contribution in [3.8, 4) is 5.75 Å². The highest BCUT2D eigenvalue weighted by Gasteiger charge is 2.16. The van der Waals surface area contributed by atoms with Crippen LogP contribution in [0.1, 0.15) is 29.5 Å². The summed E-state index contributed by atoms with van der Waals surface area (Å²) in [6.07, 6.45) is 4.54. The number of phenols is 1. The zero-order valence-electron chi connectivity index (χ0n) is 12.1. The van der Waals surface area contributed by atoms with E-state index in [1.54, 1.807) is 6.07 Å². The van der Waals surface area contributed by atoms with Crippen molar-refractivity contribution < 1.29 is 5.11 Å². The Bertz CT molecular complexity index is 571. The Morgan fingerprint density at radius 2 is 1.86 bits per heavy atom. The van der Waals surface area contributed by atoms with E-state index >= 15 is 0 Å². The molecular weight excluding hydrogens is 282 g/mol. The van der Waals surface area contributed by atoms with Crippen molar-refractivity contribution in [2.75, 3.05) is 0 Å². The summed E-state index contributed by atoms with van der Waals surface area (Å²) in [6, 6.07) is 16.8. The quantitative estimate of drug-likeness (QED) is 0.844. The molecule has 2 aromatic carbocycles. The second kappa shape index (κ2) is 7.48. The van der Waals surface area contributed by atoms with Gasteiger partial charge in [0.1, 0.15) is 5.75 Å². The van der Waals surface area contributed by atoms with Gasteiger partial charge in [0.15, 0.2) is 0 Å². The average Bonchev–Trinajstić information content (AvgIpc) is 2.67. The molecule has 3 rings (SSSR count). The molecule has 1 aliphatic rings. The van der Waals surface area contributed by atoms with Crippen molar-refractivity contribution in [3.05, 3.63) is 65.2 Å². The van der Waals surface area contributed by atoms with Gasteiger partial charge in [-0.15, -0.1) is 12.4 Å². The third-order valence-corrected chi connectivity index (χ3v) is 4.09. The van der Waals surface area contributed by atoms with E-state index in [0.717, 1.165) is 19.4 Å². The van der Waals surface area contributed by atoms with Crippen molar-refractivity contribution in [1.82, 2.24) is 5.32 Å². The second-order valence-electron chi connectivity index (χ2n) is 5.61. The van der Waals surface area contributed by atoms with Crippen LogP contribution in [0.2, 0.25) is 0 Å². The number of hydrogen-bond acceptors (Lipinski definition) is 2. The third-order valence-electron chi connectivity index (χ3n) is 4.09. The Balaban J connectivity index is 0.00000161. The standard InChI is InChI=1S/C18H21NO.ClH/c20-18-10-9-15-7-4-8-17(11-16(15)12-18)19-13-14-5-2-1-3-6-14;/h1-3,5-6,9-10,12,17,19-20H,4,7-8,11,13H2;1H. The van der Waals surface area contributed by atoms with Gasteiger partial charge in [-0.25, -0.2) is 0 Å². The van der Waals surface area contributed by atoms with E-state index in [0.29, 0.717) is 11.8 Å². The fourth-order valence-corrected chi connectivity index (χ4v) is 2.98. The van der Waals surface area contributed by atoms with Gasteiger partial charge in [0.05, 0.1) is 0 Å². The molecule has 0 aromatic heterocycles. The first-order valence-electron chi connectivity index (χ1n) is 7.39. The molecule has 1 atom stereocenters. The molecule has 1 aliphatic carbocycles. The zero-order chi connectivity index (χ0) is 13.8. The first-order valence-corrected chi connectivity index (χ1v) is 7.39. The second-order valence-corrected chi connectivity index (χ2v) is 5.61. The van der Waals surface area contributed by atoms with E-state index in [2.05, 4.69) is 35.6 Å². The lowest BCUT2D eigenvalue weighted by molar-refractivity contribution is 0.467. The van der Waals surface area contributed by atoms with Gasteiger partial charge in [0, 0.05) is 12.6 Å². The van der Waals surface area contributed by atoms with Gasteiger partial charge in [-0.05, 0) is 54.5 Å². The predicted molar refractivity (Wildman–Crippen MR) is 89.1 cm³/mol. The Hall–Kier alpha value is -1.51. The smallest absolute Gasteiger partial charge is 0.115 e. The van der Waals surface area contributed by atoms with Crippen LogP contribution >= 0.6 is 12.4 Å². The summed E-state index contributed by atoms with van der Waals surface area (Å²) in [5.41, 5.74) is 4.02. The van der Waals surface area contributed by atoms with Crippen molar-refractivity contribution in [2.24, 2.45) is 0 Å². The molecule has 0 spiro atoms. The van der Waals surface area contributed by atoms with Crippen molar-refractivity contribution in [2.45, 2.75) is 38.3 Å². The van der Waals surface area contributed by atoms with E-state index < -0.39 is 0 Å². The van der Waals surface area contributed by atoms with Crippen LogP contribution in [0.3, 0.4) is 0 Å². The van der Waals surface area contributed by atoms with E-state index in [1.807, 2.05) is 12.1 Å². The molecule has 0 aliphatic heterocycles. The van der Waals surface area contributed by atoms with E-state index in [-0.39, 0.29) is 12.4 Å². The number of nitrogens with one attached hydrogen (secondary N) is 1. The van der Waals surface area contributed by atoms with Crippen molar-refractivity contribution in [1.29, 1.82) is 0 Å². The molecule has 3 heteroatoms. The Labute approximate surface area is 132 Å². The fourth-order valence-electron chi connectivity index (χ4n) is 2.98. The molecule has 0 saturated carbocycles. The van der Waals surface area contributed by atoms with Crippen LogP contribution in [0.5, 0.6) is 5.75 Å². The number of fused-ring (bicyclic) bond motifs is 1. The molecule has 0 bridgehead atoms. The Morgan fingerprint density at radius 3 is 2.67 bits per heavy atom. The van der Waals surface area contributed by atoms with Crippen LogP contribution in [0.15, 0.2) is 48.5 Å². The van der Waals surface area contributed by atoms with Crippen LogP contribution in [0.25, 0.3) is 0 Å². The summed E-state index contributed by atoms with van der Waals surface area (Å²) in [5.74, 6) is 0.382. The lowest BCUT2D eigenvalue weighted by Gasteiger charge is -2.17. The zero-order valence-corrected chi connectivity index (χ0v) is 12.9. The number of rotatable bonds is 3. The maximum absolute atomic E-state index is 9.65. The summed E-state index contributed by atoms with van der Waals surface area (Å²) in [5, 5.41) is 13.3. The molecule has 2 N–H and O–H groups in total. The Morgan fingerprint density at radius 1 is 1.05 bits per heavy atom. The molecule has 21 heavy (non-hydrogen) atoms. The number of aromatic hydroxyl groups is 1. The minimum absolute atomic E-state index is 0. The topological polar surface area (TPSA) is 32.3 Å². The Kier molecular flexibility index (Phi) is 5.66. The predicted octanol–water partition coefficient (Wildman–Crippen LogP) is 3.85. The van der Waals surface area contributed by atoms with Crippen molar-refractivity contribution in [3.63, 3.8) is 0 Å². The number of halogens is 1. The summed E-state index contributed by atoms with van der Waals surface area (Å²) < 4.78 is 0. The third kappa shape index (κ3) is 4.23. The highest BCUT2D eigenvalue weighted by atomic mass is 35.5. The average molecular weight is 304 g/mol. The first kappa shape index (κ1) is 15.9. The monoisotopic (exact) mass is 303 g/mol. The van der Waals surface area contributed by atoms with E-state index in [4.69, 9.17) is 0 Å². The lowest BCUT2D eigenvalue weighted by Crippen LogP contribution is -2.30. The van der Waals surface area contributed by atoms with Crippen LogP contribution in [-0.2, 0) is 19.4 Å². The number of benzene rings is 2. The van der Waals surface area contributed by atoms with Gasteiger partial charge in [-0.2, -0.15) is 0 Å². The molecule has 112 valence electrons. The maximum Gasteiger partial charge on any atom is 0.115 e. The normalized spacial score (nSPS) is 17.4. The highest BCUT2D eigenvalue weighted by molar-refractivity contribution is 5.85. The van der Waals surface area contributed by atoms with Gasteiger partial charge < -0.3 is 10.4 Å². The van der Waals surface area contributed by atoms with E-state index in [1.165, 1.54) is 29.5 Å². The molecule has 1 unspecified atom stereocenters. The first-order chi connectivity index (χ1) is 9.81. The van der Waals surface area contributed by atoms with E-state index in [9.17, 15) is 5.11 Å². The lowest BCUT2D eigenvalue weighted by atomic mass is 10.0. The molecule has 0 saturated heterocycles. The number of hydrogen-bond donors (Lipinski definition) is 2. The SMILES string of the molecule is Cl.Oc1ccc2c(c1)CC(NCc1ccccc1)CCC2. The molecule has 2 aromatic rings. The van der Waals surface area contributed by atoms with Crippen LogP contribution < -0.4 is 5.32 Å². The minimum atomic E-state index is 0. The molecule has 0 heterocycles. The maximum atomic E-state index is 9.65. The van der Waals surface area contributed by atoms with Gasteiger partial charge in [0.2, 0.25) is 0 Å². The van der Waals surface area contributed by atoms with Crippen molar-refractivity contribution >= 4 is 12.4 Å². The molecule has 2 nitrogen and oxygen atoms in total. The molecule has 0 fully saturated rings. The summed E-state index contributed by atoms with van der Waals surface area (Å²) in [4.78, 5) is 0. The number of aryl methyl sites for hydroxylation is 1. The summed E-state index contributed by atoms with van der Waals surface area (Å²) >= 11 is 0. The molecule has 0 radical (unpaired) electrons. The van der Waals surface area contributed by atoms with Gasteiger partial charge in [-0.3, -0.25) is 0 Å². The van der Waals surface area contributed by atoms with Gasteiger partial charge in [0.25, 0.3) is 0 Å². The molecule has 0 amide bonds. The van der Waals surface area contributed by atoms with Crippen LogP contribution in [0.4, 0.5) is 0 Å². The van der Waals surface area contributed by atoms with Gasteiger partial charge in [-0.1, -0.05) is 36.4 Å². The minimum Gasteiger partial charge on any atom is -0.508 e. The fraction of sp³-hybridized carbons (Fsp3) is 0.333. The summed E-state index contributed by atoms with van der Waals surface area (Å²) in [6.45, 7) is 0.916. The molecular formula is C18H22ClNO. The van der Waals surface area contributed by atoms with Crippen LogP contribution in [0, 0.1) is 0 Å². The largest absolute Gasteiger partial charge is 0.508 e. The highest BCUT2D eigenvalue weighted by Crippen LogP contribution is 2.24. The van der Waals surface area contributed by atoms with Gasteiger partial charge >= 0.3 is 0 Å². The summed E-state index contributed by atoms with van der Waals surface area (Å²) in [7, 11) is 0. The number of phenolic OH excluding ortho intramolecular Hbond substituents is 1. The van der Waals surface area contributed by atoms with Crippen LogP contribution in [-0.4, -0.2) is 11.1 Å².